The Morgan fingerprint density at radius 3 is 2.92 bits per heavy atom. The smallest absolute Gasteiger partial charge is 0.309 e. The summed E-state index contributed by atoms with van der Waals surface area (Å²) in [5.41, 5.74) is 0.640. The van der Waals surface area contributed by atoms with E-state index in [4.69, 9.17) is 5.11 Å². The Labute approximate surface area is 88.9 Å². The zero-order chi connectivity index (χ0) is 9.84. The van der Waals surface area contributed by atoms with Crippen LogP contribution in [-0.4, -0.2) is 16.1 Å². The number of carboxylic acid groups (broad SMARTS) is 1. The lowest BCUT2D eigenvalue weighted by molar-refractivity contribution is -0.136. The Morgan fingerprint density at radius 2 is 2.38 bits per heavy atom. The number of aryl methyl sites for hydroxylation is 1. The molecule has 0 atom stereocenters. The molecule has 1 aromatic rings. The van der Waals surface area contributed by atoms with E-state index in [9.17, 15) is 4.79 Å². The monoisotopic (exact) mass is 263 g/mol. The summed E-state index contributed by atoms with van der Waals surface area (Å²) in [6, 6.07) is 0. The van der Waals surface area contributed by atoms with Crippen molar-refractivity contribution in [2.45, 2.75) is 26.2 Å². The average molecular weight is 264 g/mol. The molecule has 0 saturated carbocycles. The molecule has 0 aliphatic rings. The van der Waals surface area contributed by atoms with E-state index in [1.165, 1.54) is 11.3 Å². The second kappa shape index (κ2) is 4.72. The lowest BCUT2D eigenvalue weighted by Gasteiger charge is -1.89. The fraction of sp³-hybridized carbons (Fsp3) is 0.500. The minimum atomic E-state index is -0.839. The summed E-state index contributed by atoms with van der Waals surface area (Å²) < 4.78 is 0.846. The molecule has 1 heterocycles. The topological polar surface area (TPSA) is 50.2 Å². The molecule has 0 aliphatic heterocycles. The standard InChI is InChI=1S/C8H10BrNO2S/c1-2-3-6-10-5(4-7(11)12)8(9)13-6/h2-4H2,1H3,(H,11,12). The van der Waals surface area contributed by atoms with Gasteiger partial charge in [-0.1, -0.05) is 6.92 Å². The van der Waals surface area contributed by atoms with Crippen molar-refractivity contribution >= 4 is 33.2 Å². The highest BCUT2D eigenvalue weighted by Crippen LogP contribution is 2.25. The molecule has 13 heavy (non-hydrogen) atoms. The summed E-state index contributed by atoms with van der Waals surface area (Å²) in [6.07, 6.45) is 1.95. The number of carbonyl (C=O) groups is 1. The molecule has 0 spiro atoms. The van der Waals surface area contributed by atoms with E-state index in [1.54, 1.807) is 0 Å². The second-order valence-corrected chi connectivity index (χ2v) is 5.05. The first-order chi connectivity index (χ1) is 6.13. The van der Waals surface area contributed by atoms with Crippen LogP contribution >= 0.6 is 27.3 Å². The number of aromatic nitrogens is 1. The molecule has 0 bridgehead atoms. The summed E-state index contributed by atoms with van der Waals surface area (Å²) in [5.74, 6) is -0.839. The first kappa shape index (κ1) is 10.7. The van der Waals surface area contributed by atoms with Gasteiger partial charge in [0.15, 0.2) is 0 Å². The SMILES string of the molecule is CCCc1nc(CC(=O)O)c(Br)s1. The first-order valence-corrected chi connectivity index (χ1v) is 5.60. The van der Waals surface area contributed by atoms with Crippen LogP contribution in [0.2, 0.25) is 0 Å². The third-order valence-corrected chi connectivity index (χ3v) is 3.37. The fourth-order valence-corrected chi connectivity index (χ4v) is 2.65. The average Bonchev–Trinajstić information content (AvgIpc) is 2.31. The van der Waals surface area contributed by atoms with Crippen molar-refractivity contribution < 1.29 is 9.90 Å². The van der Waals surface area contributed by atoms with Gasteiger partial charge in [-0.05, 0) is 28.8 Å². The van der Waals surface area contributed by atoms with Gasteiger partial charge in [0.05, 0.1) is 20.9 Å². The predicted octanol–water partition coefficient (Wildman–Crippen LogP) is 2.49. The number of halogens is 1. The molecule has 0 saturated heterocycles. The maximum Gasteiger partial charge on any atom is 0.309 e. The Bertz CT molecular complexity index is 311. The van der Waals surface area contributed by atoms with Gasteiger partial charge < -0.3 is 5.11 Å². The van der Waals surface area contributed by atoms with Crippen molar-refractivity contribution in [3.63, 3.8) is 0 Å². The molecule has 0 unspecified atom stereocenters. The van der Waals surface area contributed by atoms with Crippen LogP contribution in [0.5, 0.6) is 0 Å². The molecule has 1 N–H and O–H groups in total. The van der Waals surface area contributed by atoms with Gasteiger partial charge >= 0.3 is 5.97 Å². The summed E-state index contributed by atoms with van der Waals surface area (Å²) >= 11 is 4.83. The van der Waals surface area contributed by atoms with Crippen LogP contribution in [0.25, 0.3) is 0 Å². The van der Waals surface area contributed by atoms with E-state index in [1.807, 2.05) is 0 Å². The molecule has 0 radical (unpaired) electrons. The number of nitrogens with zero attached hydrogens (tertiary/aromatic N) is 1. The lowest BCUT2D eigenvalue weighted by Crippen LogP contribution is -2.01. The van der Waals surface area contributed by atoms with Crippen LogP contribution in [0, 0.1) is 0 Å². The predicted molar refractivity (Wildman–Crippen MR) is 55.1 cm³/mol. The highest BCUT2D eigenvalue weighted by Gasteiger charge is 2.11. The largest absolute Gasteiger partial charge is 0.481 e. The van der Waals surface area contributed by atoms with Gasteiger partial charge in [0.2, 0.25) is 0 Å². The molecule has 0 amide bonds. The quantitative estimate of drug-likeness (QED) is 0.908. The van der Waals surface area contributed by atoms with Gasteiger partial charge in [0.25, 0.3) is 0 Å². The summed E-state index contributed by atoms with van der Waals surface area (Å²) in [7, 11) is 0. The van der Waals surface area contributed by atoms with Crippen molar-refractivity contribution in [2.75, 3.05) is 0 Å². The first-order valence-electron chi connectivity index (χ1n) is 3.99. The molecule has 1 rings (SSSR count). The Morgan fingerprint density at radius 1 is 1.69 bits per heavy atom. The molecule has 0 aromatic carbocycles. The summed E-state index contributed by atoms with van der Waals surface area (Å²) in [4.78, 5) is 14.7. The molecule has 5 heteroatoms. The molecule has 3 nitrogen and oxygen atoms in total. The lowest BCUT2D eigenvalue weighted by atomic mass is 10.3. The molecule has 0 fully saturated rings. The number of rotatable bonds is 4. The normalized spacial score (nSPS) is 10.3. The molecular formula is C8H10BrNO2S. The number of aliphatic carboxylic acids is 1. The van der Waals surface area contributed by atoms with Gasteiger partial charge in [-0.15, -0.1) is 11.3 Å². The van der Waals surface area contributed by atoms with Crippen LogP contribution < -0.4 is 0 Å². The maximum absolute atomic E-state index is 10.4. The highest BCUT2D eigenvalue weighted by atomic mass is 79.9. The summed E-state index contributed by atoms with van der Waals surface area (Å²) in [5, 5.41) is 9.58. The molecule has 0 aliphatic carbocycles. The Hall–Kier alpha value is -0.420. The number of thiazole rings is 1. The van der Waals surface area contributed by atoms with E-state index in [2.05, 4.69) is 27.8 Å². The van der Waals surface area contributed by atoms with Crippen molar-refractivity contribution in [1.82, 2.24) is 4.98 Å². The number of hydrogen-bond acceptors (Lipinski definition) is 3. The number of hydrogen-bond donors (Lipinski definition) is 1. The van der Waals surface area contributed by atoms with Gasteiger partial charge in [0, 0.05) is 0 Å². The molecule has 72 valence electrons. The third-order valence-electron chi connectivity index (χ3n) is 1.48. The van der Waals surface area contributed by atoms with Gasteiger partial charge in [-0.2, -0.15) is 0 Å². The van der Waals surface area contributed by atoms with Crippen LogP contribution in [-0.2, 0) is 17.6 Å². The van der Waals surface area contributed by atoms with Crippen LogP contribution in [0.3, 0.4) is 0 Å². The Balaban J connectivity index is 2.77. The van der Waals surface area contributed by atoms with Crippen LogP contribution in [0.4, 0.5) is 0 Å². The van der Waals surface area contributed by atoms with E-state index in [-0.39, 0.29) is 6.42 Å². The molecule has 1 aromatic heterocycles. The minimum absolute atomic E-state index is 0.000791. The van der Waals surface area contributed by atoms with Crippen molar-refractivity contribution in [3.05, 3.63) is 14.5 Å². The zero-order valence-electron chi connectivity index (χ0n) is 7.21. The number of carboxylic acids is 1. The minimum Gasteiger partial charge on any atom is -0.481 e. The Kier molecular flexibility index (Phi) is 3.87. The molecular weight excluding hydrogens is 254 g/mol. The van der Waals surface area contributed by atoms with Crippen molar-refractivity contribution in [2.24, 2.45) is 0 Å². The van der Waals surface area contributed by atoms with E-state index >= 15 is 0 Å². The van der Waals surface area contributed by atoms with E-state index in [0.717, 1.165) is 21.6 Å². The van der Waals surface area contributed by atoms with Crippen LogP contribution in [0.15, 0.2) is 3.79 Å². The fourth-order valence-electron chi connectivity index (χ4n) is 0.953. The van der Waals surface area contributed by atoms with E-state index in [0.29, 0.717) is 5.69 Å². The van der Waals surface area contributed by atoms with E-state index < -0.39 is 5.97 Å². The van der Waals surface area contributed by atoms with Gasteiger partial charge in [0.1, 0.15) is 0 Å². The maximum atomic E-state index is 10.4. The van der Waals surface area contributed by atoms with Gasteiger partial charge in [-0.3, -0.25) is 4.79 Å². The van der Waals surface area contributed by atoms with Crippen LogP contribution in [0.1, 0.15) is 24.0 Å². The third kappa shape index (κ3) is 3.08. The van der Waals surface area contributed by atoms with Crippen molar-refractivity contribution in [3.8, 4) is 0 Å². The highest BCUT2D eigenvalue weighted by molar-refractivity contribution is 9.11. The zero-order valence-corrected chi connectivity index (χ0v) is 9.61. The summed E-state index contributed by atoms with van der Waals surface area (Å²) in [6.45, 7) is 2.08. The second-order valence-electron chi connectivity index (χ2n) is 2.65. The van der Waals surface area contributed by atoms with Gasteiger partial charge in [-0.25, -0.2) is 4.98 Å². The van der Waals surface area contributed by atoms with Crippen molar-refractivity contribution in [1.29, 1.82) is 0 Å².